The van der Waals surface area contributed by atoms with Gasteiger partial charge in [0.15, 0.2) is 0 Å². The van der Waals surface area contributed by atoms with Crippen LogP contribution in [0.2, 0.25) is 0 Å². The molecule has 0 unspecified atom stereocenters. The molecule has 2 nitrogen and oxygen atoms in total. The van der Waals surface area contributed by atoms with Crippen LogP contribution in [0.5, 0.6) is 5.75 Å². The van der Waals surface area contributed by atoms with Crippen molar-refractivity contribution in [2.24, 2.45) is 0 Å². The van der Waals surface area contributed by atoms with E-state index in [1.165, 1.54) is 22.3 Å². The molecule has 0 N–H and O–H groups in total. The van der Waals surface area contributed by atoms with Gasteiger partial charge < -0.3 is 4.74 Å². The molecule has 0 aliphatic heterocycles. The standard InChI is InChI=1S/C17H18O2/c1-12-8-13(2)17(14(3)9-12)11-19-16-6-4-15(10-18)5-7-16/h4-10H,11H2,1-3H3. The van der Waals surface area contributed by atoms with Crippen LogP contribution in [0.25, 0.3) is 0 Å². The zero-order valence-electron chi connectivity index (χ0n) is 11.6. The number of rotatable bonds is 4. The Labute approximate surface area is 114 Å². The third kappa shape index (κ3) is 3.22. The van der Waals surface area contributed by atoms with E-state index in [4.69, 9.17) is 4.74 Å². The molecular weight excluding hydrogens is 236 g/mol. The average Bonchev–Trinajstić information content (AvgIpc) is 2.38. The van der Waals surface area contributed by atoms with Gasteiger partial charge in [0.2, 0.25) is 0 Å². The van der Waals surface area contributed by atoms with E-state index >= 15 is 0 Å². The van der Waals surface area contributed by atoms with Crippen LogP contribution in [0.3, 0.4) is 0 Å². The lowest BCUT2D eigenvalue weighted by Gasteiger charge is -2.12. The Balaban J connectivity index is 2.12. The highest BCUT2D eigenvalue weighted by Crippen LogP contribution is 2.19. The van der Waals surface area contributed by atoms with E-state index in [1.807, 2.05) is 12.1 Å². The zero-order chi connectivity index (χ0) is 13.8. The molecule has 2 rings (SSSR count). The summed E-state index contributed by atoms with van der Waals surface area (Å²) in [6.07, 6.45) is 0.831. The zero-order valence-corrected chi connectivity index (χ0v) is 11.6. The van der Waals surface area contributed by atoms with E-state index in [0.717, 1.165) is 12.0 Å². The topological polar surface area (TPSA) is 26.3 Å². The molecule has 0 aliphatic carbocycles. The maximum Gasteiger partial charge on any atom is 0.150 e. The maximum atomic E-state index is 10.6. The molecule has 2 heteroatoms. The van der Waals surface area contributed by atoms with Crippen LogP contribution in [0.1, 0.15) is 32.6 Å². The summed E-state index contributed by atoms with van der Waals surface area (Å²) in [7, 11) is 0. The van der Waals surface area contributed by atoms with Crippen molar-refractivity contribution in [3.8, 4) is 5.75 Å². The van der Waals surface area contributed by atoms with Crippen molar-refractivity contribution in [3.63, 3.8) is 0 Å². The summed E-state index contributed by atoms with van der Waals surface area (Å²) >= 11 is 0. The number of aldehydes is 1. The minimum atomic E-state index is 0.554. The molecule has 0 spiro atoms. The van der Waals surface area contributed by atoms with Gasteiger partial charge in [-0.2, -0.15) is 0 Å². The van der Waals surface area contributed by atoms with Crippen LogP contribution in [0, 0.1) is 20.8 Å². The van der Waals surface area contributed by atoms with Gasteiger partial charge in [-0.3, -0.25) is 4.79 Å². The summed E-state index contributed by atoms with van der Waals surface area (Å²) in [5.74, 6) is 0.782. The second kappa shape index (κ2) is 5.70. The van der Waals surface area contributed by atoms with Crippen molar-refractivity contribution in [2.75, 3.05) is 0 Å². The SMILES string of the molecule is Cc1cc(C)c(COc2ccc(C=O)cc2)c(C)c1. The fraction of sp³-hybridized carbons (Fsp3) is 0.235. The largest absolute Gasteiger partial charge is 0.489 e. The first-order valence-electron chi connectivity index (χ1n) is 6.35. The van der Waals surface area contributed by atoms with Gasteiger partial charge >= 0.3 is 0 Å². The first-order valence-corrected chi connectivity index (χ1v) is 6.35. The quantitative estimate of drug-likeness (QED) is 0.771. The molecule has 0 radical (unpaired) electrons. The molecule has 0 amide bonds. The second-order valence-electron chi connectivity index (χ2n) is 4.85. The van der Waals surface area contributed by atoms with E-state index < -0.39 is 0 Å². The smallest absolute Gasteiger partial charge is 0.150 e. The highest BCUT2D eigenvalue weighted by atomic mass is 16.5. The Hall–Kier alpha value is -2.09. The van der Waals surface area contributed by atoms with Crippen molar-refractivity contribution in [1.82, 2.24) is 0 Å². The minimum Gasteiger partial charge on any atom is -0.489 e. The van der Waals surface area contributed by atoms with Crippen molar-refractivity contribution in [2.45, 2.75) is 27.4 Å². The molecule has 2 aromatic carbocycles. The lowest BCUT2D eigenvalue weighted by Crippen LogP contribution is -2.01. The summed E-state index contributed by atoms with van der Waals surface area (Å²) < 4.78 is 5.78. The van der Waals surface area contributed by atoms with Crippen LogP contribution in [0.15, 0.2) is 36.4 Å². The van der Waals surface area contributed by atoms with E-state index in [2.05, 4.69) is 32.9 Å². The maximum absolute atomic E-state index is 10.6. The third-order valence-electron chi connectivity index (χ3n) is 3.24. The Morgan fingerprint density at radius 1 is 1.00 bits per heavy atom. The summed E-state index contributed by atoms with van der Waals surface area (Å²) in [6, 6.07) is 11.5. The number of carbonyl (C=O) groups excluding carboxylic acids is 1. The van der Waals surface area contributed by atoms with Gasteiger partial charge in [0.1, 0.15) is 18.6 Å². The average molecular weight is 254 g/mol. The van der Waals surface area contributed by atoms with Crippen LogP contribution >= 0.6 is 0 Å². The second-order valence-corrected chi connectivity index (χ2v) is 4.85. The molecule has 0 heterocycles. The molecule has 0 bridgehead atoms. The van der Waals surface area contributed by atoms with Crippen molar-refractivity contribution < 1.29 is 9.53 Å². The predicted molar refractivity (Wildman–Crippen MR) is 76.8 cm³/mol. The molecule has 98 valence electrons. The summed E-state index contributed by atoms with van der Waals surface area (Å²) in [4.78, 5) is 10.6. The van der Waals surface area contributed by atoms with Crippen molar-refractivity contribution in [1.29, 1.82) is 0 Å². The summed E-state index contributed by atoms with van der Waals surface area (Å²) in [5.41, 5.74) is 5.67. The summed E-state index contributed by atoms with van der Waals surface area (Å²) in [5, 5.41) is 0. The normalized spacial score (nSPS) is 10.3. The first kappa shape index (κ1) is 13.3. The molecule has 0 fully saturated rings. The monoisotopic (exact) mass is 254 g/mol. The van der Waals surface area contributed by atoms with Crippen molar-refractivity contribution >= 4 is 6.29 Å². The number of hydrogen-bond acceptors (Lipinski definition) is 2. The third-order valence-corrected chi connectivity index (χ3v) is 3.24. The number of hydrogen-bond donors (Lipinski definition) is 0. The Bertz CT molecular complexity index is 560. The fourth-order valence-electron chi connectivity index (χ4n) is 2.24. The highest BCUT2D eigenvalue weighted by molar-refractivity contribution is 5.74. The number of benzene rings is 2. The van der Waals surface area contributed by atoms with Gasteiger partial charge in [0.25, 0.3) is 0 Å². The number of aryl methyl sites for hydroxylation is 3. The fourth-order valence-corrected chi connectivity index (χ4v) is 2.24. The number of carbonyl (C=O) groups is 1. The van der Waals surface area contributed by atoms with Crippen LogP contribution in [-0.2, 0) is 6.61 Å². The molecular formula is C17H18O2. The van der Waals surface area contributed by atoms with E-state index in [1.54, 1.807) is 12.1 Å². The molecule has 0 aliphatic rings. The predicted octanol–water partition coefficient (Wildman–Crippen LogP) is 4.00. The van der Waals surface area contributed by atoms with Gasteiger partial charge in [0, 0.05) is 5.56 Å². The molecule has 0 saturated heterocycles. The van der Waals surface area contributed by atoms with Crippen LogP contribution < -0.4 is 4.74 Å². The molecule has 2 aromatic rings. The number of ether oxygens (including phenoxy) is 1. The van der Waals surface area contributed by atoms with E-state index in [9.17, 15) is 4.79 Å². The van der Waals surface area contributed by atoms with E-state index in [-0.39, 0.29) is 0 Å². The molecule has 0 aromatic heterocycles. The Morgan fingerprint density at radius 3 is 2.11 bits per heavy atom. The van der Waals surface area contributed by atoms with Crippen LogP contribution in [-0.4, -0.2) is 6.29 Å². The Kier molecular flexibility index (Phi) is 4.00. The highest BCUT2D eigenvalue weighted by Gasteiger charge is 2.05. The lowest BCUT2D eigenvalue weighted by molar-refractivity contribution is 0.112. The van der Waals surface area contributed by atoms with Gasteiger partial charge in [-0.15, -0.1) is 0 Å². The van der Waals surface area contributed by atoms with Crippen LogP contribution in [0.4, 0.5) is 0 Å². The molecule has 19 heavy (non-hydrogen) atoms. The Morgan fingerprint density at radius 2 is 1.58 bits per heavy atom. The lowest BCUT2D eigenvalue weighted by atomic mass is 10.0. The van der Waals surface area contributed by atoms with Gasteiger partial charge in [-0.25, -0.2) is 0 Å². The van der Waals surface area contributed by atoms with Gasteiger partial charge in [-0.05, 0) is 61.7 Å². The van der Waals surface area contributed by atoms with Crippen molar-refractivity contribution in [3.05, 3.63) is 64.2 Å². The molecule has 0 saturated carbocycles. The van der Waals surface area contributed by atoms with E-state index in [0.29, 0.717) is 12.2 Å². The van der Waals surface area contributed by atoms with Gasteiger partial charge in [0.05, 0.1) is 0 Å². The first-order chi connectivity index (χ1) is 9.10. The van der Waals surface area contributed by atoms with Gasteiger partial charge in [-0.1, -0.05) is 17.7 Å². The molecule has 0 atom stereocenters. The minimum absolute atomic E-state index is 0.554. The summed E-state index contributed by atoms with van der Waals surface area (Å²) in [6.45, 7) is 6.86.